The molecule has 100 valence electrons. The van der Waals surface area contributed by atoms with Crippen molar-refractivity contribution in [2.75, 3.05) is 0 Å². The Balaban J connectivity index is 2.28. The standard InChI is InChI=1S/C15H13ClF2O/c1-9-3-2-4-12(15(9)18)14(19)8-10-7-11(16)5-6-13(10)17/h2-7,14,19H,8H2,1H3. The summed E-state index contributed by atoms with van der Waals surface area (Å²) >= 11 is 5.78. The van der Waals surface area contributed by atoms with Crippen molar-refractivity contribution in [3.8, 4) is 0 Å². The van der Waals surface area contributed by atoms with Gasteiger partial charge in [-0.3, -0.25) is 0 Å². The van der Waals surface area contributed by atoms with Crippen molar-refractivity contribution in [1.82, 2.24) is 0 Å². The summed E-state index contributed by atoms with van der Waals surface area (Å²) in [5.74, 6) is -0.922. The molecule has 0 aliphatic heterocycles. The molecule has 1 unspecified atom stereocenters. The van der Waals surface area contributed by atoms with E-state index in [1.807, 2.05) is 0 Å². The maximum atomic E-state index is 13.9. The van der Waals surface area contributed by atoms with Crippen molar-refractivity contribution in [2.24, 2.45) is 0 Å². The second-order valence-corrected chi connectivity index (χ2v) is 4.87. The first-order chi connectivity index (χ1) is 8.99. The van der Waals surface area contributed by atoms with Gasteiger partial charge in [0.2, 0.25) is 0 Å². The van der Waals surface area contributed by atoms with Crippen LogP contribution in [0.3, 0.4) is 0 Å². The Bertz CT molecular complexity index is 599. The molecule has 0 aliphatic rings. The molecule has 0 amide bonds. The molecule has 1 atom stereocenters. The molecule has 1 N–H and O–H groups in total. The van der Waals surface area contributed by atoms with Gasteiger partial charge in [-0.1, -0.05) is 29.8 Å². The van der Waals surface area contributed by atoms with E-state index in [9.17, 15) is 13.9 Å². The number of benzene rings is 2. The molecule has 0 saturated carbocycles. The highest BCUT2D eigenvalue weighted by molar-refractivity contribution is 6.30. The molecular formula is C15H13ClF2O. The normalized spacial score (nSPS) is 12.5. The van der Waals surface area contributed by atoms with Crippen molar-refractivity contribution in [1.29, 1.82) is 0 Å². The molecule has 0 saturated heterocycles. The van der Waals surface area contributed by atoms with Gasteiger partial charge in [-0.2, -0.15) is 0 Å². The van der Waals surface area contributed by atoms with Crippen LogP contribution in [0.4, 0.5) is 8.78 Å². The number of hydrogen-bond donors (Lipinski definition) is 1. The first-order valence-corrected chi connectivity index (χ1v) is 6.24. The number of aliphatic hydroxyl groups is 1. The van der Waals surface area contributed by atoms with Crippen molar-refractivity contribution in [3.05, 3.63) is 69.7 Å². The van der Waals surface area contributed by atoms with E-state index >= 15 is 0 Å². The topological polar surface area (TPSA) is 20.2 Å². The van der Waals surface area contributed by atoms with Crippen molar-refractivity contribution in [3.63, 3.8) is 0 Å². The lowest BCUT2D eigenvalue weighted by molar-refractivity contribution is 0.172. The van der Waals surface area contributed by atoms with Gasteiger partial charge in [0.05, 0.1) is 6.10 Å². The Morgan fingerprint density at radius 3 is 2.68 bits per heavy atom. The van der Waals surface area contributed by atoms with Crippen molar-refractivity contribution >= 4 is 11.6 Å². The van der Waals surface area contributed by atoms with Gasteiger partial charge in [0, 0.05) is 17.0 Å². The number of hydrogen-bond acceptors (Lipinski definition) is 1. The minimum Gasteiger partial charge on any atom is -0.388 e. The molecule has 0 aliphatic carbocycles. The smallest absolute Gasteiger partial charge is 0.131 e. The minimum atomic E-state index is -1.10. The molecule has 2 aromatic carbocycles. The van der Waals surface area contributed by atoms with Gasteiger partial charge in [-0.05, 0) is 36.2 Å². The molecule has 0 heterocycles. The Kier molecular flexibility index (Phi) is 4.17. The minimum absolute atomic E-state index is 0.0211. The Morgan fingerprint density at radius 1 is 1.21 bits per heavy atom. The molecular weight excluding hydrogens is 270 g/mol. The van der Waals surface area contributed by atoms with Crippen LogP contribution >= 0.6 is 11.6 Å². The predicted molar refractivity (Wildman–Crippen MR) is 71.2 cm³/mol. The molecule has 2 aromatic rings. The maximum Gasteiger partial charge on any atom is 0.131 e. The lowest BCUT2D eigenvalue weighted by atomic mass is 9.99. The van der Waals surface area contributed by atoms with Crippen LogP contribution in [0.5, 0.6) is 0 Å². The zero-order valence-electron chi connectivity index (χ0n) is 10.3. The molecule has 19 heavy (non-hydrogen) atoms. The number of aryl methyl sites for hydroxylation is 1. The van der Waals surface area contributed by atoms with E-state index in [1.54, 1.807) is 19.1 Å². The van der Waals surface area contributed by atoms with E-state index in [4.69, 9.17) is 11.6 Å². The molecule has 4 heteroatoms. The summed E-state index contributed by atoms with van der Waals surface area (Å²) in [6.07, 6.45) is -1.12. The second-order valence-electron chi connectivity index (χ2n) is 4.43. The molecule has 1 nitrogen and oxygen atoms in total. The van der Waals surface area contributed by atoms with E-state index in [0.717, 1.165) is 0 Å². The summed E-state index contributed by atoms with van der Waals surface area (Å²) < 4.78 is 27.4. The molecule has 0 aromatic heterocycles. The van der Waals surface area contributed by atoms with Gasteiger partial charge in [0.15, 0.2) is 0 Å². The molecule has 0 spiro atoms. The quantitative estimate of drug-likeness (QED) is 0.894. The average Bonchev–Trinajstić information content (AvgIpc) is 2.37. The highest BCUT2D eigenvalue weighted by Gasteiger charge is 2.16. The average molecular weight is 283 g/mol. The van der Waals surface area contributed by atoms with Crippen LogP contribution in [0, 0.1) is 18.6 Å². The maximum absolute atomic E-state index is 13.9. The Morgan fingerprint density at radius 2 is 1.95 bits per heavy atom. The Hall–Kier alpha value is -1.45. The number of halogens is 3. The second kappa shape index (κ2) is 5.68. The van der Waals surface area contributed by atoms with E-state index in [2.05, 4.69) is 0 Å². The summed E-state index contributed by atoms with van der Waals surface area (Å²) in [4.78, 5) is 0. The van der Waals surface area contributed by atoms with Gasteiger partial charge < -0.3 is 5.11 Å². The summed E-state index contributed by atoms with van der Waals surface area (Å²) in [6.45, 7) is 1.62. The SMILES string of the molecule is Cc1cccc(C(O)Cc2cc(Cl)ccc2F)c1F. The molecule has 0 bridgehead atoms. The van der Waals surface area contributed by atoms with Crippen LogP contribution in [-0.4, -0.2) is 5.11 Å². The molecule has 0 fully saturated rings. The van der Waals surface area contributed by atoms with Crippen LogP contribution in [0.2, 0.25) is 5.02 Å². The Labute approximate surface area is 115 Å². The van der Waals surface area contributed by atoms with Crippen LogP contribution < -0.4 is 0 Å². The number of aliphatic hydroxyl groups excluding tert-OH is 1. The first kappa shape index (κ1) is 14.0. The first-order valence-electron chi connectivity index (χ1n) is 5.86. The molecule has 2 rings (SSSR count). The third-order valence-electron chi connectivity index (χ3n) is 3.00. The summed E-state index contributed by atoms with van der Waals surface area (Å²) in [6, 6.07) is 8.87. The van der Waals surface area contributed by atoms with Crippen LogP contribution in [0.1, 0.15) is 22.8 Å². The predicted octanol–water partition coefficient (Wildman–Crippen LogP) is 4.20. The van der Waals surface area contributed by atoms with Crippen molar-refractivity contribution in [2.45, 2.75) is 19.4 Å². The fraction of sp³-hybridized carbons (Fsp3) is 0.200. The molecule has 0 radical (unpaired) electrons. The summed E-state index contributed by atoms with van der Waals surface area (Å²) in [5.41, 5.74) is 0.878. The van der Waals surface area contributed by atoms with E-state index in [1.165, 1.54) is 24.3 Å². The highest BCUT2D eigenvalue weighted by Crippen LogP contribution is 2.25. The van der Waals surface area contributed by atoms with Gasteiger partial charge in [-0.15, -0.1) is 0 Å². The van der Waals surface area contributed by atoms with E-state index < -0.39 is 17.7 Å². The van der Waals surface area contributed by atoms with Gasteiger partial charge in [0.25, 0.3) is 0 Å². The van der Waals surface area contributed by atoms with Gasteiger partial charge >= 0.3 is 0 Å². The van der Waals surface area contributed by atoms with Crippen LogP contribution in [0.15, 0.2) is 36.4 Å². The number of rotatable bonds is 3. The lowest BCUT2D eigenvalue weighted by Gasteiger charge is -2.14. The van der Waals surface area contributed by atoms with E-state index in [-0.39, 0.29) is 17.5 Å². The van der Waals surface area contributed by atoms with Gasteiger partial charge in [0.1, 0.15) is 11.6 Å². The van der Waals surface area contributed by atoms with E-state index in [0.29, 0.717) is 10.6 Å². The highest BCUT2D eigenvalue weighted by atomic mass is 35.5. The summed E-state index contributed by atoms with van der Waals surface area (Å²) in [7, 11) is 0. The van der Waals surface area contributed by atoms with Crippen molar-refractivity contribution < 1.29 is 13.9 Å². The largest absolute Gasteiger partial charge is 0.388 e. The zero-order valence-corrected chi connectivity index (χ0v) is 11.1. The third-order valence-corrected chi connectivity index (χ3v) is 3.24. The third kappa shape index (κ3) is 3.11. The van der Waals surface area contributed by atoms with Crippen LogP contribution in [-0.2, 0) is 6.42 Å². The zero-order chi connectivity index (χ0) is 14.0. The van der Waals surface area contributed by atoms with Crippen LogP contribution in [0.25, 0.3) is 0 Å². The fourth-order valence-electron chi connectivity index (χ4n) is 1.95. The lowest BCUT2D eigenvalue weighted by Crippen LogP contribution is -2.06. The summed E-state index contributed by atoms with van der Waals surface area (Å²) in [5, 5.41) is 10.4. The monoisotopic (exact) mass is 282 g/mol. The fourth-order valence-corrected chi connectivity index (χ4v) is 2.14. The van der Waals surface area contributed by atoms with Gasteiger partial charge in [-0.25, -0.2) is 8.78 Å².